The highest BCUT2D eigenvalue weighted by molar-refractivity contribution is 5.67. The topological polar surface area (TPSA) is 78.0 Å². The molecule has 2 heterocycles. The van der Waals surface area contributed by atoms with E-state index in [1.165, 1.54) is 7.11 Å². The van der Waals surface area contributed by atoms with E-state index in [0.29, 0.717) is 38.2 Å². The zero-order chi connectivity index (χ0) is 20.4. The fourth-order valence-electron chi connectivity index (χ4n) is 2.93. The molecule has 1 fully saturated rings. The molecule has 1 aliphatic rings. The molecule has 0 aromatic carbocycles. The van der Waals surface area contributed by atoms with Crippen LogP contribution in [0.3, 0.4) is 0 Å². The van der Waals surface area contributed by atoms with Crippen LogP contribution >= 0.6 is 0 Å². The Bertz CT molecular complexity index is 717. The fourth-order valence-corrected chi connectivity index (χ4v) is 2.93. The summed E-state index contributed by atoms with van der Waals surface area (Å²) in [7, 11) is 1.27. The second-order valence-corrected chi connectivity index (χ2v) is 6.72. The van der Waals surface area contributed by atoms with Crippen LogP contribution in [0, 0.1) is 24.7 Å². The van der Waals surface area contributed by atoms with Crippen molar-refractivity contribution < 1.29 is 23.8 Å². The number of ether oxygens (including phenoxy) is 3. The molecule has 28 heavy (non-hydrogen) atoms. The molecule has 1 aromatic heterocycles. The van der Waals surface area contributed by atoms with Gasteiger partial charge in [0.1, 0.15) is 5.69 Å². The summed E-state index contributed by atoms with van der Waals surface area (Å²) in [6.07, 6.45) is 1.51. The molecule has 0 radical (unpaired) electrons. The number of hydrogen-bond donors (Lipinski definition) is 0. The lowest BCUT2D eigenvalue weighted by Crippen LogP contribution is -2.42. The predicted octanol–water partition coefficient (Wildman–Crippen LogP) is 3.54. The van der Waals surface area contributed by atoms with Crippen LogP contribution in [0.5, 0.6) is 0 Å². The summed E-state index contributed by atoms with van der Waals surface area (Å²) in [4.78, 5) is 29.8. The van der Waals surface area contributed by atoms with Gasteiger partial charge in [0.15, 0.2) is 6.10 Å². The number of piperidine rings is 1. The van der Waals surface area contributed by atoms with Gasteiger partial charge in [0.05, 0.1) is 13.7 Å². The molecule has 152 valence electrons. The van der Waals surface area contributed by atoms with E-state index in [0.717, 1.165) is 18.5 Å². The number of pyridine rings is 1. The average molecular weight is 388 g/mol. The minimum absolute atomic E-state index is 0.0103. The maximum Gasteiger partial charge on any atom is 0.509 e. The van der Waals surface area contributed by atoms with Gasteiger partial charge in [-0.1, -0.05) is 25.3 Å². The van der Waals surface area contributed by atoms with Crippen molar-refractivity contribution in [1.82, 2.24) is 9.88 Å². The summed E-state index contributed by atoms with van der Waals surface area (Å²) >= 11 is 0. The molecule has 2 rings (SSSR count). The maximum atomic E-state index is 12.1. The Labute approximate surface area is 166 Å². The first kappa shape index (κ1) is 21.5. The number of carbonyl (C=O) groups is 2. The number of hydrogen-bond acceptors (Lipinski definition) is 6. The van der Waals surface area contributed by atoms with Gasteiger partial charge < -0.3 is 19.1 Å². The first-order valence-electron chi connectivity index (χ1n) is 9.65. The lowest BCUT2D eigenvalue weighted by molar-refractivity contribution is 0.0192. The Hall–Kier alpha value is -2.75. The number of aromatic nitrogens is 1. The molecule has 0 bridgehead atoms. The van der Waals surface area contributed by atoms with Gasteiger partial charge in [-0.2, -0.15) is 0 Å². The van der Waals surface area contributed by atoms with Gasteiger partial charge in [-0.3, -0.25) is 0 Å². The van der Waals surface area contributed by atoms with Crippen LogP contribution in [0.25, 0.3) is 0 Å². The summed E-state index contributed by atoms with van der Waals surface area (Å²) in [6.45, 7) is 5.47. The number of aryl methyl sites for hydroxylation is 1. The molecule has 1 aromatic rings. The molecule has 1 unspecified atom stereocenters. The van der Waals surface area contributed by atoms with Crippen molar-refractivity contribution in [3.63, 3.8) is 0 Å². The Morgan fingerprint density at radius 3 is 2.71 bits per heavy atom. The highest BCUT2D eigenvalue weighted by atomic mass is 16.7. The highest BCUT2D eigenvalue weighted by Gasteiger charge is 2.30. The minimum Gasteiger partial charge on any atom is -0.449 e. The molecule has 0 spiro atoms. The molecule has 0 saturated carbocycles. The molecular formula is C21H28N2O5. The van der Waals surface area contributed by atoms with Gasteiger partial charge in [0, 0.05) is 24.7 Å². The lowest BCUT2D eigenvalue weighted by atomic mass is 9.91. The van der Waals surface area contributed by atoms with E-state index >= 15 is 0 Å². The summed E-state index contributed by atoms with van der Waals surface area (Å²) < 4.78 is 15.3. The van der Waals surface area contributed by atoms with Gasteiger partial charge in [0.25, 0.3) is 0 Å². The van der Waals surface area contributed by atoms with Gasteiger partial charge in [-0.05, 0) is 44.2 Å². The van der Waals surface area contributed by atoms with E-state index in [-0.39, 0.29) is 12.0 Å². The normalized spacial score (nSPS) is 15.2. The van der Waals surface area contributed by atoms with Crippen molar-refractivity contribution in [2.24, 2.45) is 5.92 Å². The van der Waals surface area contributed by atoms with Gasteiger partial charge in [-0.25, -0.2) is 14.6 Å². The number of unbranched alkanes of at least 4 members (excludes halogenated alkanes) is 1. The number of methoxy groups -OCH3 is 1. The van der Waals surface area contributed by atoms with Gasteiger partial charge in [0.2, 0.25) is 0 Å². The van der Waals surface area contributed by atoms with Gasteiger partial charge in [-0.15, -0.1) is 0 Å². The van der Waals surface area contributed by atoms with E-state index in [1.807, 2.05) is 32.0 Å². The van der Waals surface area contributed by atoms with Crippen LogP contribution in [0.1, 0.15) is 44.0 Å². The van der Waals surface area contributed by atoms with Gasteiger partial charge >= 0.3 is 12.2 Å². The molecule has 1 saturated heterocycles. The number of nitrogens with zero attached hydrogens (tertiary/aromatic N) is 2. The summed E-state index contributed by atoms with van der Waals surface area (Å²) in [5, 5.41) is 0. The molecule has 1 amide bonds. The van der Waals surface area contributed by atoms with Crippen molar-refractivity contribution in [2.45, 2.75) is 45.6 Å². The zero-order valence-electron chi connectivity index (χ0n) is 16.8. The second kappa shape index (κ2) is 11.2. The molecule has 7 heteroatoms. The zero-order valence-corrected chi connectivity index (χ0v) is 16.8. The molecule has 1 aliphatic heterocycles. The Kier molecular flexibility index (Phi) is 8.60. The van der Waals surface area contributed by atoms with E-state index in [2.05, 4.69) is 21.6 Å². The Morgan fingerprint density at radius 2 is 2.07 bits per heavy atom. The quantitative estimate of drug-likeness (QED) is 0.436. The van der Waals surface area contributed by atoms with Crippen molar-refractivity contribution in [3.8, 4) is 11.8 Å². The molecule has 1 atom stereocenters. The third-order valence-corrected chi connectivity index (χ3v) is 4.57. The van der Waals surface area contributed by atoms with Crippen LogP contribution in [-0.2, 0) is 14.2 Å². The first-order valence-corrected chi connectivity index (χ1v) is 9.65. The summed E-state index contributed by atoms with van der Waals surface area (Å²) in [6, 6.07) is 5.58. The number of carbonyl (C=O) groups excluding carboxylic acids is 2. The van der Waals surface area contributed by atoms with E-state index in [4.69, 9.17) is 9.47 Å². The molecule has 7 nitrogen and oxygen atoms in total. The Balaban J connectivity index is 1.99. The van der Waals surface area contributed by atoms with Crippen molar-refractivity contribution >= 4 is 12.2 Å². The first-order chi connectivity index (χ1) is 13.5. The van der Waals surface area contributed by atoms with Crippen molar-refractivity contribution in [2.75, 3.05) is 26.8 Å². The number of likely N-dealkylation sites (tertiary alicyclic amines) is 1. The number of amides is 1. The second-order valence-electron chi connectivity index (χ2n) is 6.72. The standard InChI is InChI=1S/C21H28N2O5/c1-4-5-15-27-20(24)23-13-11-17(12-14-23)19(28-21(25)26-3)10-9-18-8-6-7-16(2)22-18/h6-8,17,19H,4-5,11-15H2,1-3H3. The van der Waals surface area contributed by atoms with Crippen molar-refractivity contribution in [3.05, 3.63) is 29.6 Å². The highest BCUT2D eigenvalue weighted by Crippen LogP contribution is 2.23. The summed E-state index contributed by atoms with van der Waals surface area (Å²) in [5.74, 6) is 6.01. The summed E-state index contributed by atoms with van der Waals surface area (Å²) in [5.41, 5.74) is 1.49. The third kappa shape index (κ3) is 6.76. The van der Waals surface area contributed by atoms with Crippen LogP contribution in [0.4, 0.5) is 9.59 Å². The third-order valence-electron chi connectivity index (χ3n) is 4.57. The van der Waals surface area contributed by atoms with E-state index in [1.54, 1.807) is 4.90 Å². The van der Waals surface area contributed by atoms with Crippen LogP contribution in [0.15, 0.2) is 18.2 Å². The lowest BCUT2D eigenvalue weighted by Gasteiger charge is -2.33. The fraction of sp³-hybridized carbons (Fsp3) is 0.571. The maximum absolute atomic E-state index is 12.1. The molecule has 0 aliphatic carbocycles. The van der Waals surface area contributed by atoms with Crippen molar-refractivity contribution in [1.29, 1.82) is 0 Å². The van der Waals surface area contributed by atoms with E-state index < -0.39 is 12.3 Å². The SMILES string of the molecule is CCCCOC(=O)N1CCC(C(C#Cc2cccc(C)n2)OC(=O)OC)CC1. The molecule has 0 N–H and O–H groups in total. The number of rotatable bonds is 5. The average Bonchev–Trinajstić information content (AvgIpc) is 2.71. The van der Waals surface area contributed by atoms with E-state index in [9.17, 15) is 9.59 Å². The Morgan fingerprint density at radius 1 is 1.32 bits per heavy atom. The van der Waals surface area contributed by atoms with Crippen LogP contribution in [0.2, 0.25) is 0 Å². The monoisotopic (exact) mass is 388 g/mol. The predicted molar refractivity (Wildman–Crippen MR) is 104 cm³/mol. The minimum atomic E-state index is -0.766. The largest absolute Gasteiger partial charge is 0.509 e. The van der Waals surface area contributed by atoms with Crippen LogP contribution < -0.4 is 0 Å². The molecular weight excluding hydrogens is 360 g/mol. The van der Waals surface area contributed by atoms with Crippen LogP contribution in [-0.4, -0.2) is 55.0 Å². The smallest absolute Gasteiger partial charge is 0.449 e.